The molecule has 0 radical (unpaired) electrons. The summed E-state index contributed by atoms with van der Waals surface area (Å²) in [6.45, 7) is 9.46. The molecule has 178 valence electrons. The van der Waals surface area contributed by atoms with Gasteiger partial charge in [0.25, 0.3) is 0 Å². The number of aliphatic hydroxyl groups excluding tert-OH is 2. The summed E-state index contributed by atoms with van der Waals surface area (Å²) < 4.78 is 6.04. The molecule has 0 unspecified atom stereocenters. The summed E-state index contributed by atoms with van der Waals surface area (Å²) in [5, 5.41) is 56.1. The van der Waals surface area contributed by atoms with Crippen LogP contribution in [0.25, 0.3) is 0 Å². The maximum absolute atomic E-state index is 11.1. The zero-order valence-electron chi connectivity index (χ0n) is 18.2. The number of aliphatic carboxylic acids is 4. The monoisotopic (exact) mass is 464 g/mol. The smallest absolute Gasteiger partial charge is 0.317 e. The fraction of sp³-hybridized carbons (Fsp3) is 0.684. The van der Waals surface area contributed by atoms with Crippen LogP contribution >= 0.6 is 0 Å². The standard InChI is InChI=1S/C19H32O11Si/c1-19(2,3)31(4,5)30-12(6-10(20)8-13(15(22)23)16(24)25)7-11(21)9-14(17(26)27)18(28)29/h6,10-11,13-14,20-21H,7-9H2,1-5H3,(H,22,23)(H,24,25)(H,26,27)(H,28,29)/b12-6+/t10-,11-/m0/s1. The second-order valence-electron chi connectivity index (χ2n) is 8.85. The average Bonchev–Trinajstić information content (AvgIpc) is 2.54. The molecule has 0 aromatic rings. The van der Waals surface area contributed by atoms with Crippen LogP contribution < -0.4 is 0 Å². The van der Waals surface area contributed by atoms with E-state index >= 15 is 0 Å². The zero-order chi connectivity index (χ0) is 24.7. The highest BCUT2D eigenvalue weighted by molar-refractivity contribution is 6.74. The molecule has 0 fully saturated rings. The van der Waals surface area contributed by atoms with Crippen LogP contribution in [0.3, 0.4) is 0 Å². The van der Waals surface area contributed by atoms with Gasteiger partial charge in [0.15, 0.2) is 11.8 Å². The van der Waals surface area contributed by atoms with Crippen LogP contribution in [0.2, 0.25) is 18.1 Å². The number of hydrogen-bond acceptors (Lipinski definition) is 7. The SMILES string of the molecule is CC(C)(C)[Si](C)(C)O/C(=C/[C@H](O)CC(C(=O)O)C(=O)O)C[C@H](O)CC(C(=O)O)C(=O)O. The Morgan fingerprint density at radius 3 is 1.58 bits per heavy atom. The Morgan fingerprint density at radius 2 is 1.23 bits per heavy atom. The van der Waals surface area contributed by atoms with Crippen molar-refractivity contribution in [3.05, 3.63) is 11.8 Å². The van der Waals surface area contributed by atoms with Gasteiger partial charge >= 0.3 is 23.9 Å². The van der Waals surface area contributed by atoms with Crippen molar-refractivity contribution in [3.8, 4) is 0 Å². The van der Waals surface area contributed by atoms with Gasteiger partial charge in [-0.3, -0.25) is 19.2 Å². The van der Waals surface area contributed by atoms with Crippen LogP contribution in [-0.2, 0) is 23.6 Å². The second-order valence-corrected chi connectivity index (χ2v) is 13.6. The number of hydrogen-bond donors (Lipinski definition) is 6. The Balaban J connectivity index is 5.76. The molecule has 2 atom stereocenters. The van der Waals surface area contributed by atoms with Gasteiger partial charge in [-0.25, -0.2) is 0 Å². The van der Waals surface area contributed by atoms with Crippen molar-refractivity contribution < 1.29 is 54.2 Å². The van der Waals surface area contributed by atoms with Gasteiger partial charge in [-0.05, 0) is 30.6 Å². The van der Waals surface area contributed by atoms with Crippen molar-refractivity contribution in [1.82, 2.24) is 0 Å². The van der Waals surface area contributed by atoms with Crippen molar-refractivity contribution in [1.29, 1.82) is 0 Å². The molecule has 12 heteroatoms. The molecule has 0 aliphatic rings. The van der Waals surface area contributed by atoms with Gasteiger partial charge in [0.05, 0.1) is 18.0 Å². The first-order valence-corrected chi connectivity index (χ1v) is 12.5. The molecule has 0 amide bonds. The highest BCUT2D eigenvalue weighted by atomic mass is 28.4. The van der Waals surface area contributed by atoms with Crippen LogP contribution in [-0.4, -0.2) is 75.0 Å². The summed E-state index contributed by atoms with van der Waals surface area (Å²) in [5.41, 5.74) is 0. The number of carboxylic acid groups (broad SMARTS) is 4. The summed E-state index contributed by atoms with van der Waals surface area (Å²) in [6, 6.07) is 0. The van der Waals surface area contributed by atoms with Gasteiger partial charge in [0, 0.05) is 12.8 Å². The predicted molar refractivity (Wildman–Crippen MR) is 110 cm³/mol. The quantitative estimate of drug-likeness (QED) is 0.131. The lowest BCUT2D eigenvalue weighted by atomic mass is 9.98. The van der Waals surface area contributed by atoms with E-state index in [0.717, 1.165) is 6.08 Å². The van der Waals surface area contributed by atoms with Crippen LogP contribution in [0.4, 0.5) is 0 Å². The van der Waals surface area contributed by atoms with Crippen LogP contribution in [0.5, 0.6) is 0 Å². The maximum atomic E-state index is 11.1. The minimum Gasteiger partial charge on any atom is -0.547 e. The fourth-order valence-electron chi connectivity index (χ4n) is 2.35. The molecule has 6 N–H and O–H groups in total. The zero-order valence-corrected chi connectivity index (χ0v) is 19.2. The number of rotatable bonds is 13. The molecular weight excluding hydrogens is 432 g/mol. The second kappa shape index (κ2) is 11.3. The number of aliphatic hydroxyl groups is 2. The molecule has 0 aromatic heterocycles. The predicted octanol–water partition coefficient (Wildman–Crippen LogP) is 1.35. The minimum absolute atomic E-state index is 0.00986. The molecule has 0 aliphatic heterocycles. The van der Waals surface area contributed by atoms with Gasteiger partial charge < -0.3 is 35.1 Å². The lowest BCUT2D eigenvalue weighted by Gasteiger charge is -2.38. The van der Waals surface area contributed by atoms with Gasteiger partial charge in [-0.2, -0.15) is 0 Å². The minimum atomic E-state index is -2.52. The Labute approximate surface area is 181 Å². The van der Waals surface area contributed by atoms with Crippen molar-refractivity contribution in [2.24, 2.45) is 11.8 Å². The lowest BCUT2D eigenvalue weighted by Crippen LogP contribution is -2.41. The Hall–Kier alpha value is -2.44. The molecule has 0 aliphatic carbocycles. The van der Waals surface area contributed by atoms with Gasteiger partial charge in [-0.1, -0.05) is 20.8 Å². The highest BCUT2D eigenvalue weighted by Gasteiger charge is 2.40. The molecule has 11 nitrogen and oxygen atoms in total. The molecule has 0 aromatic carbocycles. The molecule has 0 spiro atoms. The van der Waals surface area contributed by atoms with E-state index in [9.17, 15) is 29.4 Å². The van der Waals surface area contributed by atoms with E-state index in [-0.39, 0.29) is 17.2 Å². The van der Waals surface area contributed by atoms with Gasteiger partial charge in [-0.15, -0.1) is 0 Å². The van der Waals surface area contributed by atoms with E-state index < -0.39 is 69.1 Å². The van der Waals surface area contributed by atoms with Crippen molar-refractivity contribution in [3.63, 3.8) is 0 Å². The first-order chi connectivity index (χ1) is 13.9. The molecule has 0 bridgehead atoms. The third-order valence-electron chi connectivity index (χ3n) is 5.18. The summed E-state index contributed by atoms with van der Waals surface area (Å²) in [4.78, 5) is 44.3. The van der Waals surface area contributed by atoms with Gasteiger partial charge in [0.2, 0.25) is 8.32 Å². The van der Waals surface area contributed by atoms with Crippen LogP contribution in [0.1, 0.15) is 40.0 Å². The molecule has 31 heavy (non-hydrogen) atoms. The van der Waals surface area contributed by atoms with E-state index in [2.05, 4.69) is 0 Å². The van der Waals surface area contributed by atoms with Crippen molar-refractivity contribution >= 4 is 32.2 Å². The topological polar surface area (TPSA) is 199 Å². The summed E-state index contributed by atoms with van der Waals surface area (Å²) >= 11 is 0. The normalized spacial score (nSPS) is 14.9. The van der Waals surface area contributed by atoms with Crippen molar-refractivity contribution in [2.45, 2.75) is 70.4 Å². The van der Waals surface area contributed by atoms with E-state index in [1.165, 1.54) is 0 Å². The summed E-state index contributed by atoms with van der Waals surface area (Å²) in [7, 11) is -2.52. The van der Waals surface area contributed by atoms with Crippen LogP contribution in [0, 0.1) is 11.8 Å². The van der Waals surface area contributed by atoms with Crippen LogP contribution in [0.15, 0.2) is 11.8 Å². The number of carbonyl (C=O) groups is 4. The summed E-state index contributed by atoms with van der Waals surface area (Å²) in [6.07, 6.45) is -3.52. The molecular formula is C19H32O11Si. The average molecular weight is 465 g/mol. The Kier molecular flexibility index (Phi) is 10.4. The fourth-order valence-corrected chi connectivity index (χ4v) is 3.46. The molecule has 0 rings (SSSR count). The Morgan fingerprint density at radius 1 is 0.839 bits per heavy atom. The molecule has 0 heterocycles. The van der Waals surface area contributed by atoms with Gasteiger partial charge in [0.1, 0.15) is 0 Å². The highest BCUT2D eigenvalue weighted by Crippen LogP contribution is 2.38. The maximum Gasteiger partial charge on any atom is 0.317 e. The first kappa shape index (κ1) is 28.6. The third kappa shape index (κ3) is 9.49. The van der Waals surface area contributed by atoms with E-state index in [1.54, 1.807) is 0 Å². The lowest BCUT2D eigenvalue weighted by molar-refractivity contribution is -0.157. The molecule has 0 saturated heterocycles. The van der Waals surface area contributed by atoms with E-state index in [1.807, 2.05) is 33.9 Å². The van der Waals surface area contributed by atoms with E-state index in [4.69, 9.17) is 24.9 Å². The summed E-state index contributed by atoms with van der Waals surface area (Å²) in [5.74, 6) is -10.2. The largest absolute Gasteiger partial charge is 0.547 e. The number of carboxylic acids is 4. The third-order valence-corrected chi connectivity index (χ3v) is 9.57. The molecule has 0 saturated carbocycles. The van der Waals surface area contributed by atoms with E-state index in [0.29, 0.717) is 0 Å². The first-order valence-electron chi connectivity index (χ1n) is 9.56. The van der Waals surface area contributed by atoms with Crippen molar-refractivity contribution in [2.75, 3.05) is 0 Å². The Bertz CT molecular complexity index is 680.